The Labute approximate surface area is 332 Å². The molecule has 0 heterocycles. The van der Waals surface area contributed by atoms with Crippen LogP contribution in [0.2, 0.25) is 0 Å². The zero-order chi connectivity index (χ0) is 39.4. The molecule has 0 radical (unpaired) electrons. The highest BCUT2D eigenvalue weighted by Gasteiger charge is 2.19. The van der Waals surface area contributed by atoms with Crippen molar-refractivity contribution < 1.29 is 28.6 Å². The van der Waals surface area contributed by atoms with Crippen molar-refractivity contribution >= 4 is 17.9 Å². The maximum absolute atomic E-state index is 12.7. The van der Waals surface area contributed by atoms with Gasteiger partial charge in [0.05, 0.1) is 0 Å². The third-order valence-corrected chi connectivity index (χ3v) is 8.96. The molecule has 0 N–H and O–H groups in total. The maximum Gasteiger partial charge on any atom is 0.306 e. The van der Waals surface area contributed by atoms with E-state index in [0.29, 0.717) is 19.3 Å². The molecule has 1 atom stereocenters. The second-order valence-corrected chi connectivity index (χ2v) is 14.2. The molecule has 6 nitrogen and oxygen atoms in total. The van der Waals surface area contributed by atoms with Crippen LogP contribution in [-0.2, 0) is 28.6 Å². The molecular formula is C48H80O6. The van der Waals surface area contributed by atoms with Crippen molar-refractivity contribution in [1.82, 2.24) is 0 Å². The van der Waals surface area contributed by atoms with Crippen molar-refractivity contribution in [3.63, 3.8) is 0 Å². The number of ether oxygens (including phenoxy) is 3. The standard InChI is InChI=1S/C48H80O6/c1-4-7-10-13-16-19-22-24-25-27-29-32-35-38-41-47(50)53-44-45(43-52-46(49)40-37-34-31-28-21-18-15-12-9-6-3)54-48(51)42-39-36-33-30-26-23-20-17-14-11-8-5-2/h7-8,10-11,16-17,19-20,24-26,30,45H,4-6,9,12-15,18,21-23,27-29,31-44H2,1-3H3/b10-7-,11-8-,19-16-,20-17-,25-24-,30-26-. The summed E-state index contributed by atoms with van der Waals surface area (Å²) in [7, 11) is 0. The van der Waals surface area contributed by atoms with Crippen molar-refractivity contribution in [2.45, 2.75) is 200 Å². The Morgan fingerprint density at radius 2 is 0.722 bits per heavy atom. The third kappa shape index (κ3) is 40.0. The number of hydrogen-bond donors (Lipinski definition) is 0. The Balaban J connectivity index is 4.47. The summed E-state index contributed by atoms with van der Waals surface area (Å²) in [5, 5.41) is 0. The summed E-state index contributed by atoms with van der Waals surface area (Å²) >= 11 is 0. The summed E-state index contributed by atoms with van der Waals surface area (Å²) < 4.78 is 16.6. The molecule has 0 spiro atoms. The van der Waals surface area contributed by atoms with Crippen molar-refractivity contribution in [2.75, 3.05) is 13.2 Å². The lowest BCUT2D eigenvalue weighted by Crippen LogP contribution is -2.30. The first-order valence-electron chi connectivity index (χ1n) is 21.9. The average Bonchev–Trinajstić information content (AvgIpc) is 3.17. The van der Waals surface area contributed by atoms with Crippen LogP contribution in [0.4, 0.5) is 0 Å². The van der Waals surface area contributed by atoms with Gasteiger partial charge >= 0.3 is 17.9 Å². The molecule has 0 saturated carbocycles. The lowest BCUT2D eigenvalue weighted by molar-refractivity contribution is -0.167. The first-order valence-corrected chi connectivity index (χ1v) is 21.9. The quantitative estimate of drug-likeness (QED) is 0.0270. The predicted molar refractivity (Wildman–Crippen MR) is 228 cm³/mol. The molecule has 0 aliphatic heterocycles. The minimum absolute atomic E-state index is 0.0979. The SMILES string of the molecule is CC/C=C\C/C=C\C/C=C\CCCCCCC(=O)OCC(COC(=O)CCCCCCCCCCCC)OC(=O)CCCC/C=C\C/C=C\C/C=C\CC. The van der Waals surface area contributed by atoms with E-state index in [4.69, 9.17) is 14.2 Å². The Morgan fingerprint density at radius 3 is 1.17 bits per heavy atom. The molecule has 0 aromatic rings. The van der Waals surface area contributed by atoms with Gasteiger partial charge in [0.15, 0.2) is 6.10 Å². The van der Waals surface area contributed by atoms with Crippen LogP contribution in [0.5, 0.6) is 0 Å². The third-order valence-electron chi connectivity index (χ3n) is 8.96. The molecule has 0 saturated heterocycles. The zero-order valence-corrected chi connectivity index (χ0v) is 35.0. The second kappa shape index (κ2) is 42.6. The number of esters is 3. The molecule has 0 bridgehead atoms. The molecule has 1 unspecified atom stereocenters. The van der Waals surface area contributed by atoms with Crippen molar-refractivity contribution in [1.29, 1.82) is 0 Å². The second-order valence-electron chi connectivity index (χ2n) is 14.2. The van der Waals surface area contributed by atoms with Crippen molar-refractivity contribution in [3.8, 4) is 0 Å². The van der Waals surface area contributed by atoms with Gasteiger partial charge in [-0.15, -0.1) is 0 Å². The molecule has 0 aromatic heterocycles. The fourth-order valence-corrected chi connectivity index (χ4v) is 5.70. The van der Waals surface area contributed by atoms with E-state index in [1.807, 2.05) is 0 Å². The first-order chi connectivity index (χ1) is 26.5. The van der Waals surface area contributed by atoms with Crippen molar-refractivity contribution in [3.05, 3.63) is 72.9 Å². The van der Waals surface area contributed by atoms with Gasteiger partial charge in [-0.05, 0) is 83.5 Å². The summed E-state index contributed by atoms with van der Waals surface area (Å²) in [5.74, 6) is -0.970. The van der Waals surface area contributed by atoms with E-state index >= 15 is 0 Å². The van der Waals surface area contributed by atoms with Crippen LogP contribution in [0.1, 0.15) is 194 Å². The van der Waals surface area contributed by atoms with Gasteiger partial charge in [0.2, 0.25) is 0 Å². The highest BCUT2D eigenvalue weighted by Crippen LogP contribution is 2.13. The van der Waals surface area contributed by atoms with Gasteiger partial charge in [0, 0.05) is 19.3 Å². The summed E-state index contributed by atoms with van der Waals surface area (Å²) in [6.45, 7) is 6.31. The molecule has 54 heavy (non-hydrogen) atoms. The van der Waals surface area contributed by atoms with E-state index < -0.39 is 6.10 Å². The number of carbonyl (C=O) groups is 3. The molecule has 0 aliphatic rings. The van der Waals surface area contributed by atoms with Crippen LogP contribution in [0.3, 0.4) is 0 Å². The van der Waals surface area contributed by atoms with Gasteiger partial charge in [0.25, 0.3) is 0 Å². The molecule has 0 fully saturated rings. The van der Waals surface area contributed by atoms with Gasteiger partial charge < -0.3 is 14.2 Å². The Hall–Kier alpha value is -3.15. The summed E-state index contributed by atoms with van der Waals surface area (Å²) in [5.41, 5.74) is 0. The number of allylic oxidation sites excluding steroid dienone is 12. The van der Waals surface area contributed by atoms with Crippen LogP contribution < -0.4 is 0 Å². The summed E-state index contributed by atoms with van der Waals surface area (Å²) in [6, 6.07) is 0. The van der Waals surface area contributed by atoms with Gasteiger partial charge in [-0.3, -0.25) is 14.4 Å². The van der Waals surface area contributed by atoms with Gasteiger partial charge in [0.1, 0.15) is 13.2 Å². The Morgan fingerprint density at radius 1 is 0.389 bits per heavy atom. The summed E-state index contributed by atoms with van der Waals surface area (Å²) in [6.07, 6.45) is 51.7. The normalized spacial score (nSPS) is 12.7. The average molecular weight is 753 g/mol. The monoisotopic (exact) mass is 753 g/mol. The van der Waals surface area contributed by atoms with Crippen LogP contribution >= 0.6 is 0 Å². The van der Waals surface area contributed by atoms with E-state index in [0.717, 1.165) is 103 Å². The number of carbonyl (C=O) groups excluding carboxylic acids is 3. The van der Waals surface area contributed by atoms with E-state index in [1.165, 1.54) is 44.9 Å². The number of hydrogen-bond acceptors (Lipinski definition) is 6. The number of unbranched alkanes of at least 4 members (excludes halogenated alkanes) is 15. The van der Waals surface area contributed by atoms with E-state index in [2.05, 4.69) is 93.7 Å². The van der Waals surface area contributed by atoms with E-state index in [9.17, 15) is 14.4 Å². The number of rotatable bonds is 38. The van der Waals surface area contributed by atoms with Gasteiger partial charge in [-0.2, -0.15) is 0 Å². The molecule has 6 heteroatoms. The van der Waals surface area contributed by atoms with Crippen molar-refractivity contribution in [2.24, 2.45) is 0 Å². The fourth-order valence-electron chi connectivity index (χ4n) is 5.70. The molecule has 0 aromatic carbocycles. The zero-order valence-electron chi connectivity index (χ0n) is 35.0. The van der Waals surface area contributed by atoms with Gasteiger partial charge in [-0.25, -0.2) is 0 Å². The lowest BCUT2D eigenvalue weighted by atomic mass is 10.1. The van der Waals surface area contributed by atoms with Crippen LogP contribution in [0.25, 0.3) is 0 Å². The van der Waals surface area contributed by atoms with Crippen LogP contribution in [0.15, 0.2) is 72.9 Å². The van der Waals surface area contributed by atoms with E-state index in [1.54, 1.807) is 0 Å². The molecule has 0 amide bonds. The van der Waals surface area contributed by atoms with Crippen LogP contribution in [-0.4, -0.2) is 37.2 Å². The van der Waals surface area contributed by atoms with Crippen LogP contribution in [0, 0.1) is 0 Å². The molecule has 0 aliphatic carbocycles. The first kappa shape index (κ1) is 50.9. The molecular weight excluding hydrogens is 673 g/mol. The minimum atomic E-state index is -0.800. The summed E-state index contributed by atoms with van der Waals surface area (Å²) in [4.78, 5) is 37.6. The topological polar surface area (TPSA) is 78.9 Å². The Kier molecular flexibility index (Phi) is 40.1. The largest absolute Gasteiger partial charge is 0.462 e. The fraction of sp³-hybridized carbons (Fsp3) is 0.688. The minimum Gasteiger partial charge on any atom is -0.462 e. The van der Waals surface area contributed by atoms with Gasteiger partial charge in [-0.1, -0.05) is 164 Å². The lowest BCUT2D eigenvalue weighted by Gasteiger charge is -2.18. The maximum atomic E-state index is 12.7. The predicted octanol–water partition coefficient (Wildman–Crippen LogP) is 13.9. The Bertz CT molecular complexity index is 1050. The smallest absolute Gasteiger partial charge is 0.306 e. The highest BCUT2D eigenvalue weighted by molar-refractivity contribution is 5.71. The van der Waals surface area contributed by atoms with E-state index in [-0.39, 0.29) is 37.5 Å². The highest BCUT2D eigenvalue weighted by atomic mass is 16.6. The molecule has 308 valence electrons. The molecule has 0 rings (SSSR count).